The minimum atomic E-state index is -0.116. The van der Waals surface area contributed by atoms with Gasteiger partial charge in [-0.05, 0) is 36.6 Å². The van der Waals surface area contributed by atoms with Crippen LogP contribution < -0.4 is 4.74 Å². The first-order valence-electron chi connectivity index (χ1n) is 10.4. The standard InChI is InChI=1S/C25H24N4O2S/c1-18(15-20-11-6-7-12-22(20)31-2)29(16-19-9-4-3-5-10-19)25(30)21-17-32-24(28-21)23-26-13-8-14-27-23/h3-14,17-18H,15-16H2,1-2H3. The third-order valence-electron chi connectivity index (χ3n) is 5.18. The molecule has 32 heavy (non-hydrogen) atoms. The van der Waals surface area contributed by atoms with E-state index in [9.17, 15) is 4.79 Å². The maximum Gasteiger partial charge on any atom is 0.273 e. The van der Waals surface area contributed by atoms with Gasteiger partial charge in [-0.15, -0.1) is 11.3 Å². The zero-order valence-electron chi connectivity index (χ0n) is 18.0. The molecule has 6 nitrogen and oxygen atoms in total. The van der Waals surface area contributed by atoms with Crippen LogP contribution in [-0.2, 0) is 13.0 Å². The van der Waals surface area contributed by atoms with Gasteiger partial charge in [-0.3, -0.25) is 4.79 Å². The zero-order chi connectivity index (χ0) is 22.3. The second kappa shape index (κ2) is 10.2. The van der Waals surface area contributed by atoms with Crippen molar-refractivity contribution in [3.05, 3.63) is 95.3 Å². The highest BCUT2D eigenvalue weighted by molar-refractivity contribution is 7.13. The molecular formula is C25H24N4O2S. The number of aromatic nitrogens is 3. The van der Waals surface area contributed by atoms with Crippen molar-refractivity contribution in [1.82, 2.24) is 19.9 Å². The summed E-state index contributed by atoms with van der Waals surface area (Å²) in [5.41, 5.74) is 2.53. The third-order valence-corrected chi connectivity index (χ3v) is 6.02. The third kappa shape index (κ3) is 5.00. The van der Waals surface area contributed by atoms with Crippen LogP contribution in [0.15, 0.2) is 78.4 Å². The fourth-order valence-electron chi connectivity index (χ4n) is 3.54. The Kier molecular flexibility index (Phi) is 6.87. The van der Waals surface area contributed by atoms with Crippen molar-refractivity contribution < 1.29 is 9.53 Å². The van der Waals surface area contributed by atoms with E-state index < -0.39 is 0 Å². The van der Waals surface area contributed by atoms with Gasteiger partial charge >= 0.3 is 0 Å². The first-order chi connectivity index (χ1) is 15.7. The second-order valence-corrected chi connectivity index (χ2v) is 8.25. The Morgan fingerprint density at radius 3 is 2.50 bits per heavy atom. The van der Waals surface area contributed by atoms with Gasteiger partial charge in [0.25, 0.3) is 5.91 Å². The Morgan fingerprint density at radius 1 is 1.03 bits per heavy atom. The van der Waals surface area contributed by atoms with Crippen LogP contribution in [0.25, 0.3) is 10.8 Å². The van der Waals surface area contributed by atoms with Crippen molar-refractivity contribution >= 4 is 17.2 Å². The highest BCUT2D eigenvalue weighted by Crippen LogP contribution is 2.25. The Morgan fingerprint density at radius 2 is 1.75 bits per heavy atom. The SMILES string of the molecule is COc1ccccc1CC(C)N(Cc1ccccc1)C(=O)c1csc(-c2ncccn2)n1. The lowest BCUT2D eigenvalue weighted by Crippen LogP contribution is -2.39. The fraction of sp³-hybridized carbons (Fsp3) is 0.200. The van der Waals surface area contributed by atoms with E-state index in [2.05, 4.69) is 21.9 Å². The summed E-state index contributed by atoms with van der Waals surface area (Å²) in [5, 5.41) is 2.41. The predicted octanol–water partition coefficient (Wildman–Crippen LogP) is 4.88. The van der Waals surface area contributed by atoms with Gasteiger partial charge in [0.05, 0.1) is 7.11 Å². The summed E-state index contributed by atoms with van der Waals surface area (Å²) in [6, 6.07) is 19.6. The number of benzene rings is 2. The summed E-state index contributed by atoms with van der Waals surface area (Å²) < 4.78 is 5.51. The molecule has 0 spiro atoms. The Balaban J connectivity index is 1.61. The number of carbonyl (C=O) groups excluding carboxylic acids is 1. The smallest absolute Gasteiger partial charge is 0.273 e. The van der Waals surface area contributed by atoms with Crippen LogP contribution in [-0.4, -0.2) is 38.9 Å². The van der Waals surface area contributed by atoms with E-state index in [1.807, 2.05) is 59.5 Å². The molecule has 0 saturated carbocycles. The number of rotatable bonds is 8. The summed E-state index contributed by atoms with van der Waals surface area (Å²) in [4.78, 5) is 28.5. The first kappa shape index (κ1) is 21.6. The van der Waals surface area contributed by atoms with Crippen LogP contribution >= 0.6 is 11.3 Å². The van der Waals surface area contributed by atoms with Gasteiger partial charge in [0.15, 0.2) is 10.8 Å². The quantitative estimate of drug-likeness (QED) is 0.387. The molecule has 0 bridgehead atoms. The van der Waals surface area contributed by atoms with Gasteiger partial charge < -0.3 is 9.64 Å². The number of hydrogen-bond donors (Lipinski definition) is 0. The molecule has 1 unspecified atom stereocenters. The van der Waals surface area contributed by atoms with Crippen LogP contribution in [0.2, 0.25) is 0 Å². The number of hydrogen-bond acceptors (Lipinski definition) is 6. The van der Waals surface area contributed by atoms with E-state index in [1.165, 1.54) is 11.3 Å². The van der Waals surface area contributed by atoms with Gasteiger partial charge in [-0.2, -0.15) is 0 Å². The molecule has 2 aromatic carbocycles. The molecule has 162 valence electrons. The van der Waals surface area contributed by atoms with E-state index in [4.69, 9.17) is 4.74 Å². The molecule has 4 rings (SSSR count). The molecule has 0 saturated heterocycles. The number of nitrogens with zero attached hydrogens (tertiary/aromatic N) is 4. The number of methoxy groups -OCH3 is 1. The molecule has 0 N–H and O–H groups in total. The minimum absolute atomic E-state index is 0.0721. The van der Waals surface area contributed by atoms with E-state index in [1.54, 1.807) is 30.9 Å². The van der Waals surface area contributed by atoms with E-state index in [0.717, 1.165) is 16.9 Å². The lowest BCUT2D eigenvalue weighted by atomic mass is 10.0. The molecular weight excluding hydrogens is 420 g/mol. The van der Waals surface area contributed by atoms with Crippen molar-refractivity contribution in [2.45, 2.75) is 25.9 Å². The summed E-state index contributed by atoms with van der Waals surface area (Å²) in [7, 11) is 1.67. The molecule has 0 aliphatic heterocycles. The highest BCUT2D eigenvalue weighted by atomic mass is 32.1. The highest BCUT2D eigenvalue weighted by Gasteiger charge is 2.25. The van der Waals surface area contributed by atoms with Crippen LogP contribution in [0.4, 0.5) is 0 Å². The van der Waals surface area contributed by atoms with Gasteiger partial charge in [0.2, 0.25) is 0 Å². The number of thiazole rings is 1. The monoisotopic (exact) mass is 444 g/mol. The lowest BCUT2D eigenvalue weighted by Gasteiger charge is -2.29. The summed E-state index contributed by atoms with van der Waals surface area (Å²) >= 11 is 1.37. The molecule has 7 heteroatoms. The van der Waals surface area contributed by atoms with Gasteiger partial charge in [-0.1, -0.05) is 48.5 Å². The molecule has 0 aliphatic rings. The van der Waals surface area contributed by atoms with Gasteiger partial charge in [0, 0.05) is 30.4 Å². The van der Waals surface area contributed by atoms with Crippen LogP contribution in [0.5, 0.6) is 5.75 Å². The maximum absolute atomic E-state index is 13.6. The fourth-order valence-corrected chi connectivity index (χ4v) is 4.28. The van der Waals surface area contributed by atoms with Crippen molar-refractivity contribution in [3.63, 3.8) is 0 Å². The molecule has 1 amide bonds. The topological polar surface area (TPSA) is 68.2 Å². The molecule has 4 aromatic rings. The molecule has 1 atom stereocenters. The first-order valence-corrected chi connectivity index (χ1v) is 11.2. The molecule has 0 radical (unpaired) electrons. The van der Waals surface area contributed by atoms with Crippen molar-refractivity contribution in [2.24, 2.45) is 0 Å². The summed E-state index contributed by atoms with van der Waals surface area (Å²) in [5.74, 6) is 1.23. The molecule has 2 aromatic heterocycles. The van der Waals surface area contributed by atoms with Gasteiger partial charge in [0.1, 0.15) is 11.4 Å². The number of carbonyl (C=O) groups is 1. The second-order valence-electron chi connectivity index (χ2n) is 7.39. The Labute approximate surface area is 191 Å². The number of amides is 1. The Bertz CT molecular complexity index is 1160. The summed E-state index contributed by atoms with van der Waals surface area (Å²) in [6.45, 7) is 2.55. The van der Waals surface area contributed by atoms with Crippen LogP contribution in [0, 0.1) is 0 Å². The average Bonchev–Trinajstić information content (AvgIpc) is 3.34. The molecule has 0 aliphatic carbocycles. The Hall–Kier alpha value is -3.58. The number of ether oxygens (including phenoxy) is 1. The maximum atomic E-state index is 13.6. The van der Waals surface area contributed by atoms with E-state index in [0.29, 0.717) is 29.5 Å². The van der Waals surface area contributed by atoms with Crippen molar-refractivity contribution in [3.8, 4) is 16.6 Å². The largest absolute Gasteiger partial charge is 0.496 e. The molecule has 2 heterocycles. The van der Waals surface area contributed by atoms with Crippen molar-refractivity contribution in [1.29, 1.82) is 0 Å². The molecule has 0 fully saturated rings. The summed E-state index contributed by atoms with van der Waals surface area (Å²) in [6.07, 6.45) is 4.01. The van der Waals surface area contributed by atoms with Crippen LogP contribution in [0.1, 0.15) is 28.5 Å². The lowest BCUT2D eigenvalue weighted by molar-refractivity contribution is 0.0669. The normalized spacial score (nSPS) is 11.7. The van der Waals surface area contributed by atoms with Gasteiger partial charge in [-0.25, -0.2) is 15.0 Å². The minimum Gasteiger partial charge on any atom is -0.496 e. The zero-order valence-corrected chi connectivity index (χ0v) is 18.8. The van der Waals surface area contributed by atoms with E-state index in [-0.39, 0.29) is 11.9 Å². The van der Waals surface area contributed by atoms with Crippen LogP contribution in [0.3, 0.4) is 0 Å². The predicted molar refractivity (Wildman–Crippen MR) is 126 cm³/mol. The average molecular weight is 445 g/mol. The number of para-hydroxylation sites is 1. The van der Waals surface area contributed by atoms with E-state index >= 15 is 0 Å². The van der Waals surface area contributed by atoms with Crippen molar-refractivity contribution in [2.75, 3.05) is 7.11 Å².